The maximum Gasteiger partial charge on any atom is 0.132 e. The Morgan fingerprint density at radius 3 is 1.92 bits per heavy atom. The second-order valence-electron chi connectivity index (χ2n) is 10.6. The van der Waals surface area contributed by atoms with Crippen molar-refractivity contribution in [1.29, 1.82) is 0 Å². The van der Waals surface area contributed by atoms with E-state index in [0.29, 0.717) is 0 Å². The number of Topliss-reactive ketones (excluding diaryl/α,β-unsaturated/α-hetero) is 1. The summed E-state index contributed by atoms with van der Waals surface area (Å²) in [6.45, 7) is 16.0. The van der Waals surface area contributed by atoms with Crippen LogP contribution >= 0.6 is 0 Å². The first kappa shape index (κ1) is 31.3. The van der Waals surface area contributed by atoms with Crippen molar-refractivity contribution in [2.24, 2.45) is 5.41 Å². The smallest absolute Gasteiger partial charge is 0.132 e. The third-order valence-corrected chi connectivity index (χ3v) is 6.26. The lowest BCUT2D eigenvalue weighted by Crippen LogP contribution is -2.28. The highest BCUT2D eigenvalue weighted by atomic mass is 16.3. The molecule has 0 aromatic carbocycles. The first-order valence-corrected chi connectivity index (χ1v) is 12.8. The fraction of sp³-hybridized carbons (Fsp3) is 0.424. The van der Waals surface area contributed by atoms with Crippen molar-refractivity contribution in [3.8, 4) is 0 Å². The van der Waals surface area contributed by atoms with Crippen molar-refractivity contribution < 1.29 is 15.0 Å². The van der Waals surface area contributed by atoms with Gasteiger partial charge in [0.15, 0.2) is 0 Å². The average Bonchev–Trinajstić information content (AvgIpc) is 2.74. The Kier molecular flexibility index (Phi) is 13.4. The zero-order valence-corrected chi connectivity index (χ0v) is 23.5. The number of aliphatic hydroxyl groups is 2. The van der Waals surface area contributed by atoms with Crippen LogP contribution in [0.1, 0.15) is 74.7 Å². The van der Waals surface area contributed by atoms with E-state index in [1.54, 1.807) is 0 Å². The lowest BCUT2D eigenvalue weighted by molar-refractivity contribution is -0.118. The minimum Gasteiger partial charge on any atom is -0.393 e. The molecule has 0 aliphatic heterocycles. The zero-order valence-electron chi connectivity index (χ0n) is 23.5. The maximum absolute atomic E-state index is 11.1. The van der Waals surface area contributed by atoms with Crippen molar-refractivity contribution in [3.05, 3.63) is 106 Å². The molecule has 2 unspecified atom stereocenters. The van der Waals surface area contributed by atoms with Gasteiger partial charge in [0.25, 0.3) is 0 Å². The maximum atomic E-state index is 11.1. The zero-order chi connectivity index (χ0) is 27.3. The second kappa shape index (κ2) is 15.4. The summed E-state index contributed by atoms with van der Waals surface area (Å²) >= 11 is 0. The number of hydrogen-bond donors (Lipinski definition) is 2. The van der Waals surface area contributed by atoms with Crippen LogP contribution in [0.25, 0.3) is 0 Å². The van der Waals surface area contributed by atoms with Gasteiger partial charge in [-0.25, -0.2) is 0 Å². The summed E-state index contributed by atoms with van der Waals surface area (Å²) in [6.07, 6.45) is 25.2. The number of rotatable bonds is 11. The molecule has 36 heavy (non-hydrogen) atoms. The molecule has 0 saturated heterocycles. The number of allylic oxidation sites excluding steroid dienone is 16. The lowest BCUT2D eigenvalue weighted by atomic mass is 9.71. The van der Waals surface area contributed by atoms with E-state index in [9.17, 15) is 15.0 Å². The molecule has 0 amide bonds. The molecule has 3 heteroatoms. The van der Waals surface area contributed by atoms with Gasteiger partial charge in [-0.15, -0.1) is 0 Å². The SMILES string of the molecule is CC(=O)CC(O)/C(C)=C/C=C\C(C)=C\C=C\C=C(C)/C=C/C=C(C)\C=C\C1=C(C)CC(O)CC1(C)C. The van der Waals surface area contributed by atoms with Crippen LogP contribution in [-0.2, 0) is 4.79 Å². The molecular formula is C33H46O3. The van der Waals surface area contributed by atoms with E-state index in [4.69, 9.17) is 0 Å². The first-order valence-electron chi connectivity index (χ1n) is 12.8. The molecular weight excluding hydrogens is 444 g/mol. The van der Waals surface area contributed by atoms with Crippen molar-refractivity contribution >= 4 is 5.78 Å². The molecule has 3 nitrogen and oxygen atoms in total. The summed E-state index contributed by atoms with van der Waals surface area (Å²) in [5.41, 5.74) is 6.81. The van der Waals surface area contributed by atoms with Gasteiger partial charge in [0.1, 0.15) is 5.78 Å². The number of aliphatic hydroxyl groups excluding tert-OH is 2. The third kappa shape index (κ3) is 12.3. The normalized spacial score (nSPS) is 21.6. The van der Waals surface area contributed by atoms with Crippen LogP contribution in [0.15, 0.2) is 106 Å². The Morgan fingerprint density at radius 1 is 0.889 bits per heavy atom. The van der Waals surface area contributed by atoms with Gasteiger partial charge < -0.3 is 10.2 Å². The van der Waals surface area contributed by atoms with E-state index in [1.807, 2.05) is 50.3 Å². The molecule has 0 saturated carbocycles. The van der Waals surface area contributed by atoms with E-state index < -0.39 is 6.10 Å². The molecule has 0 spiro atoms. The van der Waals surface area contributed by atoms with Gasteiger partial charge >= 0.3 is 0 Å². The molecule has 196 valence electrons. The summed E-state index contributed by atoms with van der Waals surface area (Å²) in [5, 5.41) is 20.0. The fourth-order valence-corrected chi connectivity index (χ4v) is 4.22. The Balaban J connectivity index is 2.66. The molecule has 0 aromatic heterocycles. The molecule has 1 aliphatic rings. The molecule has 0 heterocycles. The number of hydrogen-bond acceptors (Lipinski definition) is 3. The molecule has 0 aromatic rings. The Hall–Kier alpha value is -2.75. The van der Waals surface area contributed by atoms with Crippen LogP contribution in [0, 0.1) is 5.41 Å². The highest BCUT2D eigenvalue weighted by molar-refractivity contribution is 5.76. The molecule has 1 rings (SSSR count). The number of carbonyl (C=O) groups is 1. The molecule has 0 bridgehead atoms. The quantitative estimate of drug-likeness (QED) is 0.290. The van der Waals surface area contributed by atoms with E-state index >= 15 is 0 Å². The summed E-state index contributed by atoms with van der Waals surface area (Å²) < 4.78 is 0. The summed E-state index contributed by atoms with van der Waals surface area (Å²) in [6, 6.07) is 0. The van der Waals surface area contributed by atoms with Gasteiger partial charge in [0.2, 0.25) is 0 Å². The van der Waals surface area contributed by atoms with Crippen LogP contribution in [0.5, 0.6) is 0 Å². The highest BCUT2D eigenvalue weighted by Crippen LogP contribution is 2.41. The minimum absolute atomic E-state index is 0.00294. The monoisotopic (exact) mass is 490 g/mol. The van der Waals surface area contributed by atoms with Gasteiger partial charge in [0, 0.05) is 6.42 Å². The van der Waals surface area contributed by atoms with Crippen LogP contribution in [0.3, 0.4) is 0 Å². The van der Waals surface area contributed by atoms with Crippen molar-refractivity contribution in [2.75, 3.05) is 0 Å². The largest absolute Gasteiger partial charge is 0.393 e. The first-order chi connectivity index (χ1) is 16.8. The Labute approximate surface area is 219 Å². The Bertz CT molecular complexity index is 1030. The van der Waals surface area contributed by atoms with E-state index in [0.717, 1.165) is 29.6 Å². The lowest BCUT2D eigenvalue weighted by Gasteiger charge is -2.35. The summed E-state index contributed by atoms with van der Waals surface area (Å²) in [5.74, 6) is -0.0180. The minimum atomic E-state index is -0.715. The summed E-state index contributed by atoms with van der Waals surface area (Å²) in [4.78, 5) is 11.1. The van der Waals surface area contributed by atoms with E-state index in [2.05, 4.69) is 71.1 Å². The van der Waals surface area contributed by atoms with Gasteiger partial charge in [-0.3, -0.25) is 4.79 Å². The second-order valence-corrected chi connectivity index (χ2v) is 10.6. The number of carbonyl (C=O) groups excluding carboxylic acids is 1. The predicted molar refractivity (Wildman–Crippen MR) is 155 cm³/mol. The topological polar surface area (TPSA) is 57.5 Å². The standard InChI is InChI=1S/C33H46O3/c1-24(13-9-10-14-25(2)17-12-18-27(4)32(36)22-29(6)34)15-11-16-26(3)19-20-31-28(5)21-30(35)23-33(31,7)8/h9-20,30,32,35-36H,21-23H2,1-8H3/b10-9+,15-11+,17-12-,20-19+,24-13-,25-14+,26-16-,27-18+. The van der Waals surface area contributed by atoms with Gasteiger partial charge in [0.05, 0.1) is 12.2 Å². The Morgan fingerprint density at radius 2 is 1.39 bits per heavy atom. The van der Waals surface area contributed by atoms with Crippen LogP contribution in [0.2, 0.25) is 0 Å². The predicted octanol–water partition coefficient (Wildman–Crippen LogP) is 7.83. The van der Waals surface area contributed by atoms with Crippen molar-refractivity contribution in [2.45, 2.75) is 86.9 Å². The van der Waals surface area contributed by atoms with Gasteiger partial charge in [-0.1, -0.05) is 109 Å². The highest BCUT2D eigenvalue weighted by Gasteiger charge is 2.31. The molecule has 2 N–H and O–H groups in total. The van der Waals surface area contributed by atoms with Crippen molar-refractivity contribution in [3.63, 3.8) is 0 Å². The number of ketones is 1. The molecule has 2 atom stereocenters. The molecule has 1 aliphatic carbocycles. The molecule has 0 fully saturated rings. The van der Waals surface area contributed by atoms with Crippen LogP contribution in [-0.4, -0.2) is 28.2 Å². The molecule has 0 radical (unpaired) electrons. The van der Waals surface area contributed by atoms with Gasteiger partial charge in [-0.2, -0.15) is 0 Å². The summed E-state index contributed by atoms with van der Waals surface area (Å²) in [7, 11) is 0. The van der Waals surface area contributed by atoms with Crippen molar-refractivity contribution in [1.82, 2.24) is 0 Å². The van der Waals surface area contributed by atoms with E-state index in [1.165, 1.54) is 23.6 Å². The van der Waals surface area contributed by atoms with Crippen LogP contribution in [0.4, 0.5) is 0 Å². The van der Waals surface area contributed by atoms with Crippen LogP contribution < -0.4 is 0 Å². The average molecular weight is 491 g/mol. The third-order valence-electron chi connectivity index (χ3n) is 6.26. The van der Waals surface area contributed by atoms with E-state index in [-0.39, 0.29) is 23.7 Å². The van der Waals surface area contributed by atoms with Gasteiger partial charge in [-0.05, 0) is 70.9 Å². The fourth-order valence-electron chi connectivity index (χ4n) is 4.22.